The quantitative estimate of drug-likeness (QED) is 0.396. The van der Waals surface area contributed by atoms with Gasteiger partial charge in [0.25, 0.3) is 5.54 Å². The van der Waals surface area contributed by atoms with Crippen LogP contribution in [0, 0.1) is 22.0 Å². The van der Waals surface area contributed by atoms with Crippen LogP contribution in [-0.2, 0) is 15.1 Å². The van der Waals surface area contributed by atoms with Crippen LogP contribution in [0.25, 0.3) is 0 Å². The van der Waals surface area contributed by atoms with Gasteiger partial charge in [0.1, 0.15) is 11.7 Å². The number of rotatable bonds is 2. The highest BCUT2D eigenvalue weighted by molar-refractivity contribution is 6.23. The van der Waals surface area contributed by atoms with E-state index in [4.69, 9.17) is 0 Å². The van der Waals surface area contributed by atoms with Crippen molar-refractivity contribution in [3.63, 3.8) is 0 Å². The maximum atomic E-state index is 13.7. The van der Waals surface area contributed by atoms with Crippen LogP contribution in [0.15, 0.2) is 72.8 Å². The van der Waals surface area contributed by atoms with E-state index in [-0.39, 0.29) is 10.7 Å². The molecule has 1 N–H and O–H groups in total. The Balaban J connectivity index is 1.67. The second kappa shape index (κ2) is 5.78. The minimum absolute atomic E-state index is 0.00176. The molecule has 2 bridgehead atoms. The summed E-state index contributed by atoms with van der Waals surface area (Å²) in [6, 6.07) is 19.9. The molecule has 31 heavy (non-hydrogen) atoms. The van der Waals surface area contributed by atoms with Crippen LogP contribution < -0.4 is 4.90 Å². The van der Waals surface area contributed by atoms with Crippen molar-refractivity contribution >= 4 is 17.5 Å². The molecule has 1 saturated heterocycles. The molecule has 2 amide bonds. The predicted octanol–water partition coefficient (Wildman–Crippen LogP) is 3.18. The number of hydrogen-bond donors (Lipinski definition) is 1. The van der Waals surface area contributed by atoms with Crippen molar-refractivity contribution in [1.82, 2.24) is 0 Å². The summed E-state index contributed by atoms with van der Waals surface area (Å²) in [5.41, 5.74) is 0.900. The summed E-state index contributed by atoms with van der Waals surface area (Å²) in [5.74, 6) is -3.46. The number of aromatic hydroxyl groups is 1. The van der Waals surface area contributed by atoms with Crippen LogP contribution in [0.5, 0.6) is 5.75 Å². The van der Waals surface area contributed by atoms with E-state index < -0.39 is 35.1 Å². The van der Waals surface area contributed by atoms with Crippen molar-refractivity contribution in [3.8, 4) is 5.75 Å². The van der Waals surface area contributed by atoms with E-state index in [0.717, 1.165) is 16.0 Å². The Bertz CT molecular complexity index is 1250. The van der Waals surface area contributed by atoms with Gasteiger partial charge >= 0.3 is 0 Å². The van der Waals surface area contributed by atoms with Crippen molar-refractivity contribution < 1.29 is 19.6 Å². The maximum absolute atomic E-state index is 13.7. The van der Waals surface area contributed by atoms with Crippen molar-refractivity contribution in [2.75, 3.05) is 4.90 Å². The molecule has 3 aromatic carbocycles. The SMILES string of the molecule is O=C1[C@@H]2C3c4ccccc4C([N+](=O)[O-])(c4ccccc43)[C@@H]2C(=O)N1c1ccc(O)cc1. The van der Waals surface area contributed by atoms with Gasteiger partial charge in [-0.25, -0.2) is 4.90 Å². The van der Waals surface area contributed by atoms with E-state index in [1.165, 1.54) is 24.3 Å². The summed E-state index contributed by atoms with van der Waals surface area (Å²) >= 11 is 0. The summed E-state index contributed by atoms with van der Waals surface area (Å²) in [5, 5.41) is 22.4. The summed E-state index contributed by atoms with van der Waals surface area (Å²) in [7, 11) is 0. The molecule has 0 saturated carbocycles. The Morgan fingerprint density at radius 3 is 1.94 bits per heavy atom. The van der Waals surface area contributed by atoms with Crippen LogP contribution in [-0.4, -0.2) is 21.8 Å². The van der Waals surface area contributed by atoms with Crippen molar-refractivity contribution in [3.05, 3.63) is 105 Å². The largest absolute Gasteiger partial charge is 0.508 e. The normalized spacial score (nSPS) is 27.6. The molecule has 3 aliphatic carbocycles. The molecule has 152 valence electrons. The lowest BCUT2D eigenvalue weighted by molar-refractivity contribution is -0.578. The van der Waals surface area contributed by atoms with Crippen LogP contribution in [0.2, 0.25) is 0 Å². The molecule has 4 aliphatic rings. The minimum Gasteiger partial charge on any atom is -0.508 e. The number of amides is 2. The van der Waals surface area contributed by atoms with Crippen LogP contribution in [0.3, 0.4) is 0 Å². The van der Waals surface area contributed by atoms with E-state index in [1.807, 2.05) is 24.3 Å². The number of imide groups is 1. The fourth-order valence-corrected chi connectivity index (χ4v) is 5.90. The Kier molecular flexibility index (Phi) is 3.33. The summed E-state index contributed by atoms with van der Waals surface area (Å²) in [4.78, 5) is 40.8. The van der Waals surface area contributed by atoms with Crippen LogP contribution in [0.1, 0.15) is 28.2 Å². The molecule has 7 nitrogen and oxygen atoms in total. The number of benzene rings is 3. The van der Waals surface area contributed by atoms with Gasteiger partial charge in [0, 0.05) is 22.0 Å². The zero-order chi connectivity index (χ0) is 21.5. The molecule has 0 aromatic heterocycles. The first kappa shape index (κ1) is 17.8. The van der Waals surface area contributed by atoms with Gasteiger partial charge < -0.3 is 5.11 Å². The number of anilines is 1. The topological polar surface area (TPSA) is 101 Å². The molecule has 3 aromatic rings. The lowest BCUT2D eigenvalue weighted by Crippen LogP contribution is -2.57. The number of hydrogen-bond acceptors (Lipinski definition) is 5. The smallest absolute Gasteiger partial charge is 0.285 e. The fourth-order valence-electron chi connectivity index (χ4n) is 5.90. The molecule has 2 atom stereocenters. The average molecular weight is 412 g/mol. The van der Waals surface area contributed by atoms with Crippen molar-refractivity contribution in [2.24, 2.45) is 11.8 Å². The van der Waals surface area contributed by atoms with Gasteiger partial charge in [-0.3, -0.25) is 19.7 Å². The molecule has 1 heterocycles. The number of carbonyl (C=O) groups is 2. The second-order valence-electron chi connectivity index (χ2n) is 8.21. The highest BCUT2D eigenvalue weighted by Gasteiger charge is 2.74. The highest BCUT2D eigenvalue weighted by atomic mass is 16.6. The maximum Gasteiger partial charge on any atom is 0.285 e. The molecule has 7 heteroatoms. The summed E-state index contributed by atoms with van der Waals surface area (Å²) in [6.45, 7) is 0. The van der Waals surface area contributed by atoms with Gasteiger partial charge in [0.15, 0.2) is 0 Å². The fraction of sp³-hybridized carbons (Fsp3) is 0.167. The number of phenolic OH excluding ortho intramolecular Hbond substituents is 1. The van der Waals surface area contributed by atoms with Crippen LogP contribution >= 0.6 is 0 Å². The lowest BCUT2D eigenvalue weighted by atomic mass is 9.51. The number of phenols is 1. The monoisotopic (exact) mass is 412 g/mol. The first-order valence-corrected chi connectivity index (χ1v) is 9.98. The Morgan fingerprint density at radius 1 is 0.839 bits per heavy atom. The van der Waals surface area contributed by atoms with Crippen molar-refractivity contribution in [1.29, 1.82) is 0 Å². The average Bonchev–Trinajstić information content (AvgIpc) is 3.05. The Hall–Kier alpha value is -4.00. The Morgan fingerprint density at radius 2 is 1.39 bits per heavy atom. The summed E-state index contributed by atoms with van der Waals surface area (Å²) in [6.07, 6.45) is 0. The Labute approximate surface area is 176 Å². The number of carbonyl (C=O) groups excluding carboxylic acids is 2. The van der Waals surface area contributed by atoms with E-state index in [1.54, 1.807) is 24.3 Å². The first-order valence-electron chi connectivity index (χ1n) is 9.98. The predicted molar refractivity (Wildman–Crippen MR) is 110 cm³/mol. The van der Waals surface area contributed by atoms with Gasteiger partial charge in [-0.15, -0.1) is 0 Å². The van der Waals surface area contributed by atoms with Gasteiger partial charge in [0.2, 0.25) is 11.8 Å². The first-order chi connectivity index (χ1) is 15.0. The third-order valence-electron chi connectivity index (χ3n) is 6.97. The molecule has 0 unspecified atom stereocenters. The molecular formula is C24H16N2O5. The van der Waals surface area contributed by atoms with E-state index in [2.05, 4.69) is 0 Å². The molecule has 1 aliphatic heterocycles. The minimum atomic E-state index is -1.83. The number of nitro groups is 1. The molecule has 1 fully saturated rings. The number of nitrogens with zero attached hydrogens (tertiary/aromatic N) is 2. The third kappa shape index (κ3) is 1.93. The molecule has 0 radical (unpaired) electrons. The standard InChI is InChI=1S/C24H16N2O5/c27-14-11-9-13(10-12-14)25-22(28)20-19-15-5-1-3-7-17(15)24(26(30)31,21(20)23(25)29)18-8-4-2-6-16(18)19/h1-12,19-21,27H/t19?,20-,21+,24?/m1/s1. The van der Waals surface area contributed by atoms with Gasteiger partial charge in [-0.05, 0) is 35.4 Å². The van der Waals surface area contributed by atoms with E-state index in [9.17, 15) is 24.8 Å². The van der Waals surface area contributed by atoms with Gasteiger partial charge in [0.05, 0.1) is 11.6 Å². The van der Waals surface area contributed by atoms with E-state index in [0.29, 0.717) is 16.8 Å². The van der Waals surface area contributed by atoms with Crippen molar-refractivity contribution in [2.45, 2.75) is 11.5 Å². The zero-order valence-electron chi connectivity index (χ0n) is 16.1. The zero-order valence-corrected chi connectivity index (χ0v) is 16.1. The summed E-state index contributed by atoms with van der Waals surface area (Å²) < 4.78 is 0. The molecule has 7 rings (SSSR count). The van der Waals surface area contributed by atoms with E-state index >= 15 is 0 Å². The van der Waals surface area contributed by atoms with Gasteiger partial charge in [-0.2, -0.15) is 0 Å². The highest BCUT2D eigenvalue weighted by Crippen LogP contribution is 2.64. The van der Waals surface area contributed by atoms with Crippen LogP contribution in [0.4, 0.5) is 5.69 Å². The molecular weight excluding hydrogens is 396 g/mol. The second-order valence-corrected chi connectivity index (χ2v) is 8.21. The van der Waals surface area contributed by atoms with Gasteiger partial charge in [-0.1, -0.05) is 48.5 Å². The lowest BCUT2D eigenvalue weighted by Gasteiger charge is -2.48. The molecule has 0 spiro atoms. The third-order valence-corrected chi connectivity index (χ3v) is 6.97.